The van der Waals surface area contributed by atoms with Gasteiger partial charge in [-0.15, -0.1) is 0 Å². The first-order valence-electron chi connectivity index (χ1n) is 8.52. The van der Waals surface area contributed by atoms with Crippen LogP contribution in [-0.4, -0.2) is 36.1 Å². The van der Waals surface area contributed by atoms with Crippen molar-refractivity contribution in [1.29, 1.82) is 0 Å². The van der Waals surface area contributed by atoms with Crippen LogP contribution in [0.15, 0.2) is 36.2 Å². The lowest BCUT2D eigenvalue weighted by Gasteiger charge is -2.27. The maximum absolute atomic E-state index is 14.5. The highest BCUT2D eigenvalue weighted by Gasteiger charge is 2.28. The summed E-state index contributed by atoms with van der Waals surface area (Å²) in [5.41, 5.74) is 6.27. The lowest BCUT2D eigenvalue weighted by atomic mass is 9.93. The SMILES string of the molecule is CC(F)OC[C@@H]1CCc2c(C3=CC=CC(F)C=C3F)cc(C(N)=O)nc2O1. The summed E-state index contributed by atoms with van der Waals surface area (Å²) in [7, 11) is 0. The lowest BCUT2D eigenvalue weighted by Crippen LogP contribution is -2.30. The van der Waals surface area contributed by atoms with Crippen LogP contribution in [0.4, 0.5) is 13.2 Å². The number of primary amides is 1. The molecular formula is C19H19F3N2O3. The molecule has 8 heteroatoms. The maximum Gasteiger partial charge on any atom is 0.267 e. The smallest absolute Gasteiger partial charge is 0.267 e. The van der Waals surface area contributed by atoms with Crippen LogP contribution in [0.5, 0.6) is 5.88 Å². The highest BCUT2D eigenvalue weighted by molar-refractivity contribution is 5.93. The van der Waals surface area contributed by atoms with Crippen LogP contribution in [0.1, 0.15) is 35.0 Å². The molecule has 144 valence electrons. The Bertz CT molecular complexity index is 834. The van der Waals surface area contributed by atoms with Crippen LogP contribution in [0, 0.1) is 0 Å². The Hall–Kier alpha value is -2.61. The Kier molecular flexibility index (Phi) is 5.65. The normalized spacial score (nSPS) is 22.8. The number of hydrogen-bond acceptors (Lipinski definition) is 4. The molecule has 1 aromatic rings. The monoisotopic (exact) mass is 380 g/mol. The average molecular weight is 380 g/mol. The summed E-state index contributed by atoms with van der Waals surface area (Å²) in [6.07, 6.45) is 2.36. The molecule has 0 saturated heterocycles. The van der Waals surface area contributed by atoms with Crippen LogP contribution >= 0.6 is 0 Å². The predicted molar refractivity (Wildman–Crippen MR) is 93.2 cm³/mol. The number of nitrogens with zero attached hydrogens (tertiary/aromatic N) is 1. The topological polar surface area (TPSA) is 74.4 Å². The number of allylic oxidation sites excluding steroid dienone is 6. The first kappa shape index (κ1) is 19.2. The third-order valence-corrected chi connectivity index (χ3v) is 4.26. The van der Waals surface area contributed by atoms with Crippen LogP contribution in [0.25, 0.3) is 5.57 Å². The van der Waals surface area contributed by atoms with Gasteiger partial charge in [-0.3, -0.25) is 4.79 Å². The zero-order chi connectivity index (χ0) is 19.6. The number of amides is 1. The number of rotatable bonds is 5. The first-order chi connectivity index (χ1) is 12.8. The number of ether oxygens (including phenoxy) is 2. The predicted octanol–water partition coefficient (Wildman–Crippen LogP) is 3.35. The fourth-order valence-electron chi connectivity index (χ4n) is 2.97. The maximum atomic E-state index is 14.5. The Morgan fingerprint density at radius 2 is 2.30 bits per heavy atom. The first-order valence-corrected chi connectivity index (χ1v) is 8.52. The largest absolute Gasteiger partial charge is 0.472 e. The molecule has 5 nitrogen and oxygen atoms in total. The van der Waals surface area contributed by atoms with E-state index in [9.17, 15) is 18.0 Å². The molecule has 2 heterocycles. The molecule has 2 N–H and O–H groups in total. The second-order valence-corrected chi connectivity index (χ2v) is 6.28. The Morgan fingerprint density at radius 1 is 1.52 bits per heavy atom. The lowest BCUT2D eigenvalue weighted by molar-refractivity contribution is -0.0603. The summed E-state index contributed by atoms with van der Waals surface area (Å²) in [5, 5.41) is 0. The molecule has 2 aliphatic rings. The van der Waals surface area contributed by atoms with Gasteiger partial charge in [0.25, 0.3) is 5.91 Å². The van der Waals surface area contributed by atoms with Crippen molar-refractivity contribution < 1.29 is 27.4 Å². The number of aromatic nitrogens is 1. The summed E-state index contributed by atoms with van der Waals surface area (Å²) in [6, 6.07) is 1.37. The third-order valence-electron chi connectivity index (χ3n) is 4.26. The minimum Gasteiger partial charge on any atom is -0.472 e. The van der Waals surface area contributed by atoms with Crippen molar-refractivity contribution in [2.45, 2.75) is 38.4 Å². The van der Waals surface area contributed by atoms with Gasteiger partial charge in [0.15, 0.2) is 6.36 Å². The molecule has 0 saturated carbocycles. The second kappa shape index (κ2) is 7.96. The summed E-state index contributed by atoms with van der Waals surface area (Å²) in [6.45, 7) is 1.27. The van der Waals surface area contributed by atoms with Gasteiger partial charge in [0.05, 0.1) is 6.61 Å². The van der Waals surface area contributed by atoms with Gasteiger partial charge in [0, 0.05) is 11.1 Å². The third kappa shape index (κ3) is 4.39. The number of fused-ring (bicyclic) bond motifs is 1. The van der Waals surface area contributed by atoms with Gasteiger partial charge < -0.3 is 15.2 Å². The van der Waals surface area contributed by atoms with E-state index in [2.05, 4.69) is 4.98 Å². The highest BCUT2D eigenvalue weighted by atomic mass is 19.1. The second-order valence-electron chi connectivity index (χ2n) is 6.28. The molecule has 2 unspecified atom stereocenters. The molecule has 0 radical (unpaired) electrons. The van der Waals surface area contributed by atoms with E-state index in [1.807, 2.05) is 0 Å². The van der Waals surface area contributed by atoms with Crippen molar-refractivity contribution >= 4 is 11.5 Å². The minimum atomic E-state index is -1.55. The van der Waals surface area contributed by atoms with Gasteiger partial charge in [-0.2, -0.15) is 0 Å². The van der Waals surface area contributed by atoms with E-state index in [0.717, 1.165) is 6.08 Å². The Balaban J connectivity index is 2.01. The fraction of sp³-hybridized carbons (Fsp3) is 0.368. The Labute approximate surface area is 154 Å². The summed E-state index contributed by atoms with van der Waals surface area (Å²) in [5.74, 6) is -1.45. The van der Waals surface area contributed by atoms with E-state index in [1.165, 1.54) is 31.2 Å². The van der Waals surface area contributed by atoms with Crippen molar-refractivity contribution in [3.8, 4) is 5.88 Å². The number of carbonyl (C=O) groups is 1. The molecule has 0 aromatic carbocycles. The van der Waals surface area contributed by atoms with Crippen molar-refractivity contribution in [1.82, 2.24) is 4.98 Å². The van der Waals surface area contributed by atoms with Crippen LogP contribution in [0.3, 0.4) is 0 Å². The van der Waals surface area contributed by atoms with Gasteiger partial charge in [0.1, 0.15) is 23.8 Å². The molecule has 3 rings (SSSR count). The molecule has 3 atom stereocenters. The van der Waals surface area contributed by atoms with Gasteiger partial charge in [-0.05, 0) is 43.5 Å². The number of hydrogen-bond donors (Lipinski definition) is 1. The zero-order valence-corrected chi connectivity index (χ0v) is 14.6. The number of nitrogens with two attached hydrogens (primary N) is 1. The van der Waals surface area contributed by atoms with E-state index >= 15 is 0 Å². The van der Waals surface area contributed by atoms with E-state index in [1.54, 1.807) is 0 Å². The van der Waals surface area contributed by atoms with Crippen molar-refractivity contribution in [3.63, 3.8) is 0 Å². The molecule has 0 spiro atoms. The summed E-state index contributed by atoms with van der Waals surface area (Å²) in [4.78, 5) is 15.7. The summed E-state index contributed by atoms with van der Waals surface area (Å²) < 4.78 is 51.6. The van der Waals surface area contributed by atoms with Crippen LogP contribution in [-0.2, 0) is 11.2 Å². The van der Waals surface area contributed by atoms with Gasteiger partial charge in [0.2, 0.25) is 5.88 Å². The van der Waals surface area contributed by atoms with Crippen molar-refractivity contribution in [2.24, 2.45) is 5.73 Å². The van der Waals surface area contributed by atoms with Gasteiger partial charge in [-0.1, -0.05) is 12.2 Å². The highest BCUT2D eigenvalue weighted by Crippen LogP contribution is 2.37. The standard InChI is InChI=1S/C19H19F3N2O3/c1-10(20)26-9-12-5-6-14-15(8-17(18(23)25)24-19(14)27-12)13-4-2-3-11(21)7-16(13)22/h2-4,7-8,10-12H,5-6,9H2,1H3,(H2,23,25)/t10?,11?,12-/m0/s1. The van der Waals surface area contributed by atoms with Crippen molar-refractivity contribution in [3.05, 3.63) is 53.0 Å². The number of carbonyl (C=O) groups excluding carboxylic acids is 1. The Morgan fingerprint density at radius 3 is 3.00 bits per heavy atom. The number of pyridine rings is 1. The van der Waals surface area contributed by atoms with E-state index in [-0.39, 0.29) is 23.8 Å². The molecular weight excluding hydrogens is 361 g/mol. The van der Waals surface area contributed by atoms with E-state index in [0.29, 0.717) is 24.0 Å². The average Bonchev–Trinajstić information content (AvgIpc) is 2.78. The van der Waals surface area contributed by atoms with Crippen molar-refractivity contribution in [2.75, 3.05) is 6.61 Å². The number of alkyl halides is 2. The number of halogens is 3. The molecule has 1 amide bonds. The molecule has 1 aliphatic carbocycles. The fourth-order valence-corrected chi connectivity index (χ4v) is 2.97. The molecule has 0 bridgehead atoms. The van der Waals surface area contributed by atoms with Crippen LogP contribution < -0.4 is 10.5 Å². The van der Waals surface area contributed by atoms with E-state index in [4.69, 9.17) is 15.2 Å². The van der Waals surface area contributed by atoms with Gasteiger partial charge >= 0.3 is 0 Å². The minimum absolute atomic E-state index is 0.0121. The van der Waals surface area contributed by atoms with E-state index < -0.39 is 30.4 Å². The summed E-state index contributed by atoms with van der Waals surface area (Å²) >= 11 is 0. The molecule has 27 heavy (non-hydrogen) atoms. The molecule has 0 fully saturated rings. The zero-order valence-electron chi connectivity index (χ0n) is 14.6. The molecule has 1 aromatic heterocycles. The molecule has 1 aliphatic heterocycles. The quantitative estimate of drug-likeness (QED) is 0.850. The van der Waals surface area contributed by atoms with Gasteiger partial charge in [-0.25, -0.2) is 18.2 Å². The van der Waals surface area contributed by atoms with Crippen LogP contribution in [0.2, 0.25) is 0 Å².